The van der Waals surface area contributed by atoms with Crippen molar-refractivity contribution in [3.05, 3.63) is 0 Å². The lowest BCUT2D eigenvalue weighted by atomic mass is 10.5. The monoisotopic (exact) mass is 190 g/mol. The molecule has 0 bridgehead atoms. The predicted octanol–water partition coefficient (Wildman–Crippen LogP) is 2.44. The minimum Gasteiger partial charge on any atom is -0.463 e. The second-order valence-corrected chi connectivity index (χ2v) is 1.66. The highest BCUT2D eigenvalue weighted by Gasteiger charge is 1.93. The van der Waals surface area contributed by atoms with E-state index >= 15 is 0 Å². The van der Waals surface area contributed by atoms with Crippen molar-refractivity contribution in [1.82, 2.24) is 0 Å². The SMILES string of the molecule is C.CC(=O)OC(C)C.Cl.Cl. The number of halogens is 2. The van der Waals surface area contributed by atoms with Gasteiger partial charge in [0.1, 0.15) is 0 Å². The van der Waals surface area contributed by atoms with Crippen LogP contribution in [0.15, 0.2) is 0 Å². The molecule has 0 amide bonds. The van der Waals surface area contributed by atoms with Crippen LogP contribution in [0.2, 0.25) is 0 Å². The molecule has 0 aromatic heterocycles. The Morgan fingerprint density at radius 1 is 1.30 bits per heavy atom. The summed E-state index contributed by atoms with van der Waals surface area (Å²) in [6, 6.07) is 0. The van der Waals surface area contributed by atoms with Crippen LogP contribution in [-0.2, 0) is 9.53 Å². The standard InChI is InChI=1S/C5H10O2.CH4.2ClH/c1-4(2)7-5(3)6;;;/h4H,1-3H3;1H4;2*1H. The Kier molecular flexibility index (Phi) is 26.5. The summed E-state index contributed by atoms with van der Waals surface area (Å²) in [5, 5.41) is 0. The van der Waals surface area contributed by atoms with E-state index < -0.39 is 0 Å². The molecule has 0 aliphatic rings. The van der Waals surface area contributed by atoms with Crippen molar-refractivity contribution < 1.29 is 9.53 Å². The topological polar surface area (TPSA) is 26.3 Å². The van der Waals surface area contributed by atoms with Gasteiger partial charge < -0.3 is 4.74 Å². The van der Waals surface area contributed by atoms with Crippen molar-refractivity contribution in [2.75, 3.05) is 0 Å². The zero-order valence-corrected chi connectivity index (χ0v) is 7.34. The van der Waals surface area contributed by atoms with E-state index in [0.29, 0.717) is 0 Å². The Bertz CT molecular complexity index is 74.1. The van der Waals surface area contributed by atoms with Gasteiger partial charge in [0.05, 0.1) is 6.10 Å². The van der Waals surface area contributed by atoms with E-state index in [4.69, 9.17) is 0 Å². The van der Waals surface area contributed by atoms with Crippen molar-refractivity contribution in [3.63, 3.8) is 0 Å². The Morgan fingerprint density at radius 3 is 1.60 bits per heavy atom. The van der Waals surface area contributed by atoms with E-state index in [2.05, 4.69) is 4.74 Å². The second-order valence-electron chi connectivity index (χ2n) is 1.66. The normalized spacial score (nSPS) is 6.40. The lowest BCUT2D eigenvalue weighted by Gasteiger charge is -2.01. The fourth-order valence-corrected chi connectivity index (χ4v) is 0.332. The fraction of sp³-hybridized carbons (Fsp3) is 0.833. The first-order valence-electron chi connectivity index (χ1n) is 2.30. The molecule has 0 fully saturated rings. The van der Waals surface area contributed by atoms with E-state index in [1.165, 1.54) is 6.92 Å². The summed E-state index contributed by atoms with van der Waals surface area (Å²) >= 11 is 0. The van der Waals surface area contributed by atoms with E-state index in [-0.39, 0.29) is 44.3 Å². The highest BCUT2D eigenvalue weighted by atomic mass is 35.5. The van der Waals surface area contributed by atoms with Crippen LogP contribution in [0.4, 0.5) is 0 Å². The van der Waals surface area contributed by atoms with E-state index in [0.717, 1.165) is 0 Å². The average molecular weight is 191 g/mol. The largest absolute Gasteiger partial charge is 0.463 e. The number of hydrogen-bond acceptors (Lipinski definition) is 2. The summed E-state index contributed by atoms with van der Waals surface area (Å²) in [4.78, 5) is 10.0. The quantitative estimate of drug-likeness (QED) is 0.595. The molecule has 4 heteroatoms. The molecular formula is C6H16Cl2O2. The highest BCUT2D eigenvalue weighted by Crippen LogP contribution is 1.85. The molecule has 0 rings (SSSR count). The maximum absolute atomic E-state index is 10.0. The molecule has 0 aliphatic heterocycles. The summed E-state index contributed by atoms with van der Waals surface area (Å²) in [6.07, 6.45) is 0.0255. The summed E-state index contributed by atoms with van der Waals surface area (Å²) < 4.78 is 4.61. The van der Waals surface area contributed by atoms with Crippen LogP contribution in [0, 0.1) is 0 Å². The molecule has 0 unspecified atom stereocenters. The Hall–Kier alpha value is 0.0500. The first-order chi connectivity index (χ1) is 3.13. The van der Waals surface area contributed by atoms with E-state index in [1.807, 2.05) is 13.8 Å². The van der Waals surface area contributed by atoms with Crippen LogP contribution in [0.25, 0.3) is 0 Å². The summed E-state index contributed by atoms with van der Waals surface area (Å²) in [6.45, 7) is 5.04. The molecule has 0 spiro atoms. The van der Waals surface area contributed by atoms with E-state index in [1.54, 1.807) is 0 Å². The van der Waals surface area contributed by atoms with Gasteiger partial charge in [-0.05, 0) is 13.8 Å². The van der Waals surface area contributed by atoms with Gasteiger partial charge in [-0.15, -0.1) is 24.8 Å². The maximum atomic E-state index is 10.0. The third kappa shape index (κ3) is 24.4. The number of carbonyl (C=O) groups excluding carboxylic acids is 1. The highest BCUT2D eigenvalue weighted by molar-refractivity contribution is 5.85. The van der Waals surface area contributed by atoms with Crippen molar-refractivity contribution >= 4 is 30.8 Å². The van der Waals surface area contributed by atoms with Crippen LogP contribution in [0.3, 0.4) is 0 Å². The van der Waals surface area contributed by atoms with Gasteiger partial charge in [0.15, 0.2) is 0 Å². The zero-order valence-electron chi connectivity index (χ0n) is 5.71. The molecule has 0 aromatic carbocycles. The Balaban J connectivity index is -0.0000000600. The summed E-state index contributed by atoms with van der Waals surface area (Å²) in [5.41, 5.74) is 0. The molecular weight excluding hydrogens is 175 g/mol. The van der Waals surface area contributed by atoms with Gasteiger partial charge in [-0.1, -0.05) is 7.43 Å². The molecule has 10 heavy (non-hydrogen) atoms. The first-order valence-corrected chi connectivity index (χ1v) is 2.30. The lowest BCUT2D eigenvalue weighted by molar-refractivity contribution is -0.144. The third-order valence-electron chi connectivity index (χ3n) is 0.402. The summed E-state index contributed by atoms with van der Waals surface area (Å²) in [7, 11) is 0. The minimum atomic E-state index is -0.213. The smallest absolute Gasteiger partial charge is 0.302 e. The molecule has 0 saturated heterocycles. The van der Waals surface area contributed by atoms with Crippen molar-refractivity contribution in [2.45, 2.75) is 34.3 Å². The van der Waals surface area contributed by atoms with Crippen LogP contribution >= 0.6 is 24.8 Å². The van der Waals surface area contributed by atoms with Crippen LogP contribution in [-0.4, -0.2) is 12.1 Å². The van der Waals surface area contributed by atoms with Crippen molar-refractivity contribution in [1.29, 1.82) is 0 Å². The molecule has 66 valence electrons. The third-order valence-corrected chi connectivity index (χ3v) is 0.402. The number of rotatable bonds is 1. The van der Waals surface area contributed by atoms with Crippen LogP contribution in [0.1, 0.15) is 28.2 Å². The molecule has 0 radical (unpaired) electrons. The maximum Gasteiger partial charge on any atom is 0.302 e. The van der Waals surface area contributed by atoms with Crippen LogP contribution < -0.4 is 0 Å². The molecule has 2 nitrogen and oxygen atoms in total. The van der Waals surface area contributed by atoms with Gasteiger partial charge in [-0.2, -0.15) is 0 Å². The number of hydrogen-bond donors (Lipinski definition) is 0. The van der Waals surface area contributed by atoms with E-state index in [9.17, 15) is 4.79 Å². The Morgan fingerprint density at radius 2 is 1.60 bits per heavy atom. The molecule has 0 aromatic rings. The first kappa shape index (κ1) is 22.5. The number of carbonyl (C=O) groups is 1. The van der Waals surface area contributed by atoms with Gasteiger partial charge in [-0.3, -0.25) is 4.79 Å². The second kappa shape index (κ2) is 11.8. The predicted molar refractivity (Wildman–Crippen MR) is 48.1 cm³/mol. The molecule has 0 heterocycles. The fourth-order valence-electron chi connectivity index (χ4n) is 0.332. The number of esters is 1. The Labute approximate surface area is 75.2 Å². The lowest BCUT2D eigenvalue weighted by Crippen LogP contribution is -2.06. The summed E-state index contributed by atoms with van der Waals surface area (Å²) in [5.74, 6) is -0.213. The van der Waals surface area contributed by atoms with Crippen molar-refractivity contribution in [3.8, 4) is 0 Å². The average Bonchev–Trinajstić information content (AvgIpc) is 1.27. The van der Waals surface area contributed by atoms with Crippen molar-refractivity contribution in [2.24, 2.45) is 0 Å². The van der Waals surface area contributed by atoms with Gasteiger partial charge in [-0.25, -0.2) is 0 Å². The minimum absolute atomic E-state index is 0. The van der Waals surface area contributed by atoms with Crippen LogP contribution in [0.5, 0.6) is 0 Å². The van der Waals surface area contributed by atoms with Gasteiger partial charge in [0.25, 0.3) is 0 Å². The molecule has 0 N–H and O–H groups in total. The van der Waals surface area contributed by atoms with Gasteiger partial charge in [0, 0.05) is 6.92 Å². The molecule has 0 atom stereocenters. The zero-order chi connectivity index (χ0) is 5.86. The van der Waals surface area contributed by atoms with Gasteiger partial charge in [0.2, 0.25) is 0 Å². The van der Waals surface area contributed by atoms with Gasteiger partial charge >= 0.3 is 5.97 Å². The molecule has 0 aliphatic carbocycles. The number of ether oxygens (including phenoxy) is 1. The molecule has 0 saturated carbocycles.